The molecular weight excluding hydrogens is 364 g/mol. The molecular formula is C29H48O. The molecule has 0 aromatic heterocycles. The monoisotopic (exact) mass is 412 g/mol. The second kappa shape index (κ2) is 13.4. The van der Waals surface area contributed by atoms with Gasteiger partial charge in [-0.25, -0.2) is 0 Å². The van der Waals surface area contributed by atoms with E-state index in [9.17, 15) is 0 Å². The second-order valence-corrected chi connectivity index (χ2v) is 10.4. The summed E-state index contributed by atoms with van der Waals surface area (Å²) in [5, 5.41) is 0. The molecule has 170 valence electrons. The van der Waals surface area contributed by atoms with E-state index >= 15 is 0 Å². The highest BCUT2D eigenvalue weighted by molar-refractivity contribution is 5.29. The van der Waals surface area contributed by atoms with Crippen LogP contribution in [0, 0.1) is 17.8 Å². The molecule has 2 aliphatic carbocycles. The summed E-state index contributed by atoms with van der Waals surface area (Å²) in [6.45, 7) is 5.52. The molecule has 0 N–H and O–H groups in total. The molecule has 2 fully saturated rings. The molecule has 1 nitrogen and oxygen atoms in total. The maximum Gasteiger partial charge on any atom is 0.119 e. The lowest BCUT2D eigenvalue weighted by molar-refractivity contribution is 0.228. The number of hydrogen-bond donors (Lipinski definition) is 0. The number of rotatable bonds is 12. The van der Waals surface area contributed by atoms with Gasteiger partial charge in [-0.3, -0.25) is 0 Å². The van der Waals surface area contributed by atoms with Crippen molar-refractivity contribution in [2.45, 2.75) is 122 Å². The highest BCUT2D eigenvalue weighted by Crippen LogP contribution is 2.38. The summed E-state index contributed by atoms with van der Waals surface area (Å²) in [5.74, 6) is 4.84. The smallest absolute Gasteiger partial charge is 0.119 e. The average Bonchev–Trinajstić information content (AvgIpc) is 2.81. The molecule has 0 unspecified atom stereocenters. The Kier molecular flexibility index (Phi) is 10.6. The van der Waals surface area contributed by atoms with Crippen molar-refractivity contribution in [3.8, 4) is 5.75 Å². The van der Waals surface area contributed by atoms with Crippen LogP contribution in [0.2, 0.25) is 0 Å². The van der Waals surface area contributed by atoms with Crippen LogP contribution in [-0.4, -0.2) is 6.61 Å². The highest BCUT2D eigenvalue weighted by atomic mass is 16.5. The predicted octanol–water partition coefficient (Wildman–Crippen LogP) is 9.31. The lowest BCUT2D eigenvalue weighted by Crippen LogP contribution is -2.15. The molecule has 0 atom stereocenters. The van der Waals surface area contributed by atoms with Crippen LogP contribution in [0.5, 0.6) is 5.75 Å². The molecule has 0 amide bonds. The zero-order chi connectivity index (χ0) is 21.0. The van der Waals surface area contributed by atoms with Gasteiger partial charge < -0.3 is 4.74 Å². The fourth-order valence-electron chi connectivity index (χ4n) is 5.98. The van der Waals surface area contributed by atoms with E-state index in [0.29, 0.717) is 0 Å². The summed E-state index contributed by atoms with van der Waals surface area (Å²) >= 11 is 0. The van der Waals surface area contributed by atoms with Crippen LogP contribution >= 0.6 is 0 Å². The second-order valence-electron chi connectivity index (χ2n) is 10.4. The predicted molar refractivity (Wildman–Crippen MR) is 130 cm³/mol. The van der Waals surface area contributed by atoms with Crippen LogP contribution in [0.1, 0.15) is 128 Å². The molecule has 0 bridgehead atoms. The van der Waals surface area contributed by atoms with Crippen LogP contribution in [-0.2, 0) is 0 Å². The minimum Gasteiger partial charge on any atom is -0.494 e. The number of unbranched alkanes of at least 4 members (excludes halogenated alkanes) is 2. The van der Waals surface area contributed by atoms with E-state index in [4.69, 9.17) is 4.74 Å². The van der Waals surface area contributed by atoms with Crippen LogP contribution < -0.4 is 4.74 Å². The van der Waals surface area contributed by atoms with E-state index in [2.05, 4.69) is 38.1 Å². The van der Waals surface area contributed by atoms with Gasteiger partial charge in [-0.15, -0.1) is 0 Å². The lowest BCUT2D eigenvalue weighted by Gasteiger charge is -2.29. The summed E-state index contributed by atoms with van der Waals surface area (Å²) in [7, 11) is 0. The normalized spacial score (nSPS) is 27.1. The van der Waals surface area contributed by atoms with Gasteiger partial charge in [-0.05, 0) is 79.9 Å². The Bertz CT molecular complexity index is 546. The Morgan fingerprint density at radius 3 is 1.60 bits per heavy atom. The van der Waals surface area contributed by atoms with Gasteiger partial charge in [0.05, 0.1) is 6.61 Å². The molecule has 0 aliphatic heterocycles. The van der Waals surface area contributed by atoms with E-state index in [-0.39, 0.29) is 0 Å². The van der Waals surface area contributed by atoms with Crippen LogP contribution in [0.3, 0.4) is 0 Å². The molecule has 2 aliphatic rings. The summed E-state index contributed by atoms with van der Waals surface area (Å²) in [5.41, 5.74) is 1.54. The van der Waals surface area contributed by atoms with Crippen LogP contribution in [0.15, 0.2) is 24.3 Å². The quantitative estimate of drug-likeness (QED) is 0.311. The maximum atomic E-state index is 6.07. The zero-order valence-electron chi connectivity index (χ0n) is 20.0. The van der Waals surface area contributed by atoms with Crippen molar-refractivity contribution in [2.75, 3.05) is 6.61 Å². The summed E-state index contributed by atoms with van der Waals surface area (Å²) < 4.78 is 6.07. The molecule has 1 aromatic carbocycles. The molecule has 0 saturated heterocycles. The fraction of sp³-hybridized carbons (Fsp3) is 0.793. The summed E-state index contributed by atoms with van der Waals surface area (Å²) in [4.78, 5) is 0. The summed E-state index contributed by atoms with van der Waals surface area (Å²) in [6, 6.07) is 9.11. The first-order valence-corrected chi connectivity index (χ1v) is 13.5. The van der Waals surface area contributed by atoms with Crippen molar-refractivity contribution in [1.82, 2.24) is 0 Å². The van der Waals surface area contributed by atoms with Gasteiger partial charge in [0.15, 0.2) is 0 Å². The van der Waals surface area contributed by atoms with Gasteiger partial charge >= 0.3 is 0 Å². The molecule has 2 saturated carbocycles. The molecule has 3 rings (SSSR count). The minimum absolute atomic E-state index is 0.782. The van der Waals surface area contributed by atoms with Crippen LogP contribution in [0.25, 0.3) is 0 Å². The lowest BCUT2D eigenvalue weighted by atomic mass is 9.77. The third-order valence-corrected chi connectivity index (χ3v) is 8.12. The third-order valence-electron chi connectivity index (χ3n) is 8.12. The van der Waals surface area contributed by atoms with Gasteiger partial charge in [0.1, 0.15) is 5.75 Å². The van der Waals surface area contributed by atoms with E-state index in [1.165, 1.54) is 108 Å². The zero-order valence-corrected chi connectivity index (χ0v) is 20.0. The van der Waals surface area contributed by atoms with E-state index in [1.807, 2.05) is 0 Å². The number of ether oxygens (including phenoxy) is 1. The van der Waals surface area contributed by atoms with Gasteiger partial charge in [-0.1, -0.05) is 90.2 Å². The van der Waals surface area contributed by atoms with Crippen molar-refractivity contribution in [1.29, 1.82) is 0 Å². The topological polar surface area (TPSA) is 9.23 Å². The minimum atomic E-state index is 0.782. The number of benzene rings is 1. The molecule has 1 heteroatoms. The molecule has 0 radical (unpaired) electrons. The number of hydrogen-bond acceptors (Lipinski definition) is 1. The van der Waals surface area contributed by atoms with E-state index in [0.717, 1.165) is 36.0 Å². The Morgan fingerprint density at radius 1 is 0.633 bits per heavy atom. The first-order chi connectivity index (χ1) is 14.8. The standard InChI is InChI=1S/C29H48O/c1-3-5-8-24-11-13-26(14-12-24)10-7-23-30-29-21-19-28(20-22-29)27-17-15-25(16-18-27)9-6-4-2/h19-22,24-27H,3-18,23H2,1-2H3/t24-,25-,26-,27-. The first kappa shape index (κ1) is 23.7. The SMILES string of the molecule is CCCC[C@H]1CC[C@H](CCCOc2ccc([C@H]3CC[C@H](CCCC)CC3)cc2)CC1. The Labute approximate surface area is 187 Å². The Balaban J connectivity index is 1.28. The maximum absolute atomic E-state index is 6.07. The van der Waals surface area contributed by atoms with Crippen molar-refractivity contribution in [2.24, 2.45) is 17.8 Å². The van der Waals surface area contributed by atoms with Crippen molar-refractivity contribution < 1.29 is 4.74 Å². The van der Waals surface area contributed by atoms with E-state index in [1.54, 1.807) is 0 Å². The van der Waals surface area contributed by atoms with Gasteiger partial charge in [0, 0.05) is 0 Å². The van der Waals surface area contributed by atoms with Gasteiger partial charge in [0.25, 0.3) is 0 Å². The van der Waals surface area contributed by atoms with Crippen LogP contribution in [0.4, 0.5) is 0 Å². The van der Waals surface area contributed by atoms with E-state index < -0.39 is 0 Å². The van der Waals surface area contributed by atoms with Gasteiger partial charge in [0.2, 0.25) is 0 Å². The largest absolute Gasteiger partial charge is 0.494 e. The van der Waals surface area contributed by atoms with Crippen molar-refractivity contribution in [3.63, 3.8) is 0 Å². The Morgan fingerprint density at radius 2 is 1.10 bits per heavy atom. The van der Waals surface area contributed by atoms with Crippen molar-refractivity contribution in [3.05, 3.63) is 29.8 Å². The Hall–Kier alpha value is -0.980. The van der Waals surface area contributed by atoms with Gasteiger partial charge in [-0.2, -0.15) is 0 Å². The molecule has 0 spiro atoms. The van der Waals surface area contributed by atoms with Crippen molar-refractivity contribution >= 4 is 0 Å². The summed E-state index contributed by atoms with van der Waals surface area (Å²) in [6.07, 6.45) is 22.6. The fourth-order valence-corrected chi connectivity index (χ4v) is 5.98. The first-order valence-electron chi connectivity index (χ1n) is 13.5. The highest BCUT2D eigenvalue weighted by Gasteiger charge is 2.22. The third kappa shape index (κ3) is 7.93. The molecule has 30 heavy (non-hydrogen) atoms. The molecule has 0 heterocycles. The molecule has 1 aromatic rings. The average molecular weight is 413 g/mol.